The number of halogens is 1. The third-order valence-electron chi connectivity index (χ3n) is 2.55. The Morgan fingerprint density at radius 3 is 3.06 bits per heavy atom. The van der Waals surface area contributed by atoms with E-state index in [4.69, 9.17) is 14.6 Å². The molecule has 2 rings (SSSR count). The van der Waals surface area contributed by atoms with E-state index >= 15 is 0 Å². The monoisotopic (exact) mass is 240 g/mol. The molecule has 5 heteroatoms. The molecule has 1 aromatic rings. The highest BCUT2D eigenvalue weighted by atomic mass is 19.1. The van der Waals surface area contributed by atoms with Crippen molar-refractivity contribution in [1.29, 1.82) is 0 Å². The highest BCUT2D eigenvalue weighted by molar-refractivity contribution is 5.66. The first kappa shape index (κ1) is 12.0. The molecule has 1 N–H and O–H groups in total. The van der Waals surface area contributed by atoms with E-state index in [-0.39, 0.29) is 18.3 Å². The Morgan fingerprint density at radius 1 is 1.53 bits per heavy atom. The molecule has 1 heterocycles. The molecule has 2 unspecified atom stereocenters. The first-order valence-electron chi connectivity index (χ1n) is 5.39. The van der Waals surface area contributed by atoms with Crippen LogP contribution in [0.15, 0.2) is 24.3 Å². The van der Waals surface area contributed by atoms with E-state index in [1.165, 1.54) is 12.1 Å². The van der Waals surface area contributed by atoms with Gasteiger partial charge < -0.3 is 14.6 Å². The average Bonchev–Trinajstić information content (AvgIpc) is 2.75. The van der Waals surface area contributed by atoms with Gasteiger partial charge in [-0.2, -0.15) is 0 Å². The average molecular weight is 240 g/mol. The molecule has 92 valence electrons. The summed E-state index contributed by atoms with van der Waals surface area (Å²) in [5.74, 6) is -1.20. The van der Waals surface area contributed by atoms with Crippen LogP contribution in [0.4, 0.5) is 4.39 Å². The second-order valence-corrected chi connectivity index (χ2v) is 3.91. The van der Waals surface area contributed by atoms with Gasteiger partial charge in [-0.3, -0.25) is 4.79 Å². The van der Waals surface area contributed by atoms with Crippen molar-refractivity contribution in [2.24, 2.45) is 0 Å². The summed E-state index contributed by atoms with van der Waals surface area (Å²) >= 11 is 0. The van der Waals surface area contributed by atoms with Crippen molar-refractivity contribution in [1.82, 2.24) is 0 Å². The van der Waals surface area contributed by atoms with Crippen LogP contribution in [0.2, 0.25) is 0 Å². The molecule has 1 aromatic carbocycles. The Bertz CT molecular complexity index is 407. The van der Waals surface area contributed by atoms with Gasteiger partial charge in [0, 0.05) is 12.0 Å². The number of hydrogen-bond acceptors (Lipinski definition) is 3. The lowest BCUT2D eigenvalue weighted by Crippen LogP contribution is -2.12. The molecule has 0 radical (unpaired) electrons. The van der Waals surface area contributed by atoms with Gasteiger partial charge in [0.15, 0.2) is 6.29 Å². The van der Waals surface area contributed by atoms with Crippen molar-refractivity contribution in [3.05, 3.63) is 35.6 Å². The SMILES string of the molecule is O=C(O)CCC1COC(c2cccc(F)c2)O1. The zero-order chi connectivity index (χ0) is 12.3. The van der Waals surface area contributed by atoms with Crippen LogP contribution >= 0.6 is 0 Å². The molecular formula is C12H13FO4. The zero-order valence-corrected chi connectivity index (χ0v) is 9.14. The van der Waals surface area contributed by atoms with Crippen LogP contribution in [0.5, 0.6) is 0 Å². The van der Waals surface area contributed by atoms with Gasteiger partial charge in [0.05, 0.1) is 12.7 Å². The molecule has 0 bridgehead atoms. The maximum Gasteiger partial charge on any atom is 0.303 e. The largest absolute Gasteiger partial charge is 0.481 e. The number of hydrogen-bond donors (Lipinski definition) is 1. The normalized spacial score (nSPS) is 23.8. The number of carboxylic acid groups (broad SMARTS) is 1. The van der Waals surface area contributed by atoms with E-state index in [2.05, 4.69) is 0 Å². The third kappa shape index (κ3) is 3.25. The molecule has 0 saturated carbocycles. The van der Waals surface area contributed by atoms with Crippen molar-refractivity contribution in [2.45, 2.75) is 25.2 Å². The van der Waals surface area contributed by atoms with E-state index in [1.807, 2.05) is 0 Å². The lowest BCUT2D eigenvalue weighted by Gasteiger charge is -2.11. The van der Waals surface area contributed by atoms with Gasteiger partial charge in [0.25, 0.3) is 0 Å². The molecule has 1 aliphatic rings. The summed E-state index contributed by atoms with van der Waals surface area (Å²) in [5, 5.41) is 8.55. The van der Waals surface area contributed by atoms with Gasteiger partial charge in [-0.05, 0) is 18.6 Å². The number of carboxylic acids is 1. The maximum atomic E-state index is 13.0. The molecule has 0 aromatic heterocycles. The highest BCUT2D eigenvalue weighted by Crippen LogP contribution is 2.28. The first-order valence-corrected chi connectivity index (χ1v) is 5.39. The number of rotatable bonds is 4. The molecule has 4 nitrogen and oxygen atoms in total. The minimum Gasteiger partial charge on any atom is -0.481 e. The summed E-state index contributed by atoms with van der Waals surface area (Å²) < 4.78 is 23.8. The predicted molar refractivity (Wildman–Crippen MR) is 56.8 cm³/mol. The third-order valence-corrected chi connectivity index (χ3v) is 2.55. The second-order valence-electron chi connectivity index (χ2n) is 3.91. The minimum atomic E-state index is -0.859. The fourth-order valence-corrected chi connectivity index (χ4v) is 1.71. The zero-order valence-electron chi connectivity index (χ0n) is 9.14. The van der Waals surface area contributed by atoms with E-state index in [1.54, 1.807) is 12.1 Å². The van der Waals surface area contributed by atoms with Gasteiger partial charge >= 0.3 is 5.97 Å². The molecule has 0 aliphatic carbocycles. The van der Waals surface area contributed by atoms with Crippen molar-refractivity contribution in [3.8, 4) is 0 Å². The topological polar surface area (TPSA) is 55.8 Å². The molecule has 0 spiro atoms. The van der Waals surface area contributed by atoms with Gasteiger partial charge in [-0.25, -0.2) is 4.39 Å². The number of carbonyl (C=O) groups is 1. The summed E-state index contributed by atoms with van der Waals surface area (Å²) in [7, 11) is 0. The molecule has 2 atom stereocenters. The summed E-state index contributed by atoms with van der Waals surface area (Å²) in [6.07, 6.45) is -0.380. The lowest BCUT2D eigenvalue weighted by molar-refractivity contribution is -0.138. The van der Waals surface area contributed by atoms with Crippen molar-refractivity contribution in [2.75, 3.05) is 6.61 Å². The predicted octanol–water partition coefficient (Wildman–Crippen LogP) is 2.10. The standard InChI is InChI=1S/C12H13FO4/c13-9-3-1-2-8(6-9)12-16-7-10(17-12)4-5-11(14)15/h1-3,6,10,12H,4-5,7H2,(H,14,15). The van der Waals surface area contributed by atoms with E-state index in [9.17, 15) is 9.18 Å². The quantitative estimate of drug-likeness (QED) is 0.875. The number of benzene rings is 1. The number of ether oxygens (including phenoxy) is 2. The Kier molecular flexibility index (Phi) is 3.71. The molecule has 17 heavy (non-hydrogen) atoms. The lowest BCUT2D eigenvalue weighted by atomic mass is 10.2. The summed E-state index contributed by atoms with van der Waals surface area (Å²) in [6.45, 7) is 0.342. The van der Waals surface area contributed by atoms with Gasteiger partial charge in [-0.1, -0.05) is 12.1 Å². The van der Waals surface area contributed by atoms with Crippen LogP contribution in [0.25, 0.3) is 0 Å². The summed E-state index contributed by atoms with van der Waals surface area (Å²) in [6, 6.07) is 6.00. The molecule has 0 amide bonds. The van der Waals surface area contributed by atoms with Crippen molar-refractivity contribution >= 4 is 5.97 Å². The van der Waals surface area contributed by atoms with Crippen LogP contribution < -0.4 is 0 Å². The fourth-order valence-electron chi connectivity index (χ4n) is 1.71. The summed E-state index contributed by atoms with van der Waals surface area (Å²) in [4.78, 5) is 10.4. The summed E-state index contributed by atoms with van der Waals surface area (Å²) in [5.41, 5.74) is 0.614. The van der Waals surface area contributed by atoms with E-state index in [0.717, 1.165) is 0 Å². The van der Waals surface area contributed by atoms with Crippen LogP contribution in [-0.4, -0.2) is 23.8 Å². The van der Waals surface area contributed by atoms with Crippen LogP contribution in [0, 0.1) is 5.82 Å². The molecule has 1 saturated heterocycles. The van der Waals surface area contributed by atoms with Crippen LogP contribution in [0.1, 0.15) is 24.7 Å². The molecule has 1 fully saturated rings. The van der Waals surface area contributed by atoms with Crippen LogP contribution in [0.3, 0.4) is 0 Å². The molecule has 1 aliphatic heterocycles. The van der Waals surface area contributed by atoms with Gasteiger partial charge in [0.1, 0.15) is 5.82 Å². The molecular weight excluding hydrogens is 227 g/mol. The maximum absolute atomic E-state index is 13.0. The fraction of sp³-hybridized carbons (Fsp3) is 0.417. The van der Waals surface area contributed by atoms with Crippen molar-refractivity contribution < 1.29 is 23.8 Å². The Morgan fingerprint density at radius 2 is 2.35 bits per heavy atom. The second kappa shape index (κ2) is 5.25. The highest BCUT2D eigenvalue weighted by Gasteiger charge is 2.27. The number of aliphatic carboxylic acids is 1. The Hall–Kier alpha value is -1.46. The smallest absolute Gasteiger partial charge is 0.303 e. The van der Waals surface area contributed by atoms with Gasteiger partial charge in [0.2, 0.25) is 0 Å². The minimum absolute atomic E-state index is 0.0455. The van der Waals surface area contributed by atoms with Crippen LogP contribution in [-0.2, 0) is 14.3 Å². The first-order chi connectivity index (χ1) is 8.15. The van der Waals surface area contributed by atoms with Gasteiger partial charge in [-0.15, -0.1) is 0 Å². The Balaban J connectivity index is 1.91. The van der Waals surface area contributed by atoms with E-state index in [0.29, 0.717) is 18.6 Å². The van der Waals surface area contributed by atoms with E-state index < -0.39 is 12.3 Å². The Labute approximate surface area is 98.0 Å². The van der Waals surface area contributed by atoms with Crippen molar-refractivity contribution in [3.63, 3.8) is 0 Å².